The van der Waals surface area contributed by atoms with Crippen molar-refractivity contribution in [3.63, 3.8) is 0 Å². The van der Waals surface area contributed by atoms with Gasteiger partial charge in [0.05, 0.1) is 11.3 Å². The first-order valence-corrected chi connectivity index (χ1v) is 6.61. The lowest BCUT2D eigenvalue weighted by Crippen LogP contribution is -2.03. The minimum atomic E-state index is -1.000. The number of rotatable bonds is 3. The Morgan fingerprint density at radius 1 is 1.21 bits per heavy atom. The number of carbonyl (C=O) groups is 1. The number of carboxylic acids is 1. The van der Waals surface area contributed by atoms with Crippen molar-refractivity contribution in [3.8, 4) is 0 Å². The molecule has 0 fully saturated rings. The molecule has 98 valence electrons. The Kier molecular flexibility index (Phi) is 3.85. The van der Waals surface area contributed by atoms with Crippen LogP contribution in [0.4, 0.5) is 0 Å². The predicted molar refractivity (Wildman–Crippen MR) is 73.8 cm³/mol. The summed E-state index contributed by atoms with van der Waals surface area (Å²) in [6.07, 6.45) is 1.36. The molecule has 0 bridgehead atoms. The molecule has 1 aromatic heterocycles. The van der Waals surface area contributed by atoms with Gasteiger partial charge in [-0.15, -0.1) is 0 Å². The lowest BCUT2D eigenvalue weighted by molar-refractivity contribution is 0.0695. The number of aryl methyl sites for hydroxylation is 3. The van der Waals surface area contributed by atoms with Crippen LogP contribution < -0.4 is 0 Å². The van der Waals surface area contributed by atoms with Crippen molar-refractivity contribution in [3.05, 3.63) is 46.8 Å². The van der Waals surface area contributed by atoms with Gasteiger partial charge in [-0.05, 0) is 55.8 Å². The van der Waals surface area contributed by atoms with Gasteiger partial charge in [-0.1, -0.05) is 6.07 Å². The van der Waals surface area contributed by atoms with Gasteiger partial charge in [-0.2, -0.15) is 0 Å². The molecule has 0 amide bonds. The summed E-state index contributed by atoms with van der Waals surface area (Å²) in [5, 5.41) is 9.49. The van der Waals surface area contributed by atoms with Crippen LogP contribution >= 0.6 is 11.8 Å². The summed E-state index contributed by atoms with van der Waals surface area (Å²) in [5.41, 5.74) is 3.07. The summed E-state index contributed by atoms with van der Waals surface area (Å²) in [5.74, 6) is -1.000. The SMILES string of the molecule is Cc1ccc(Sc2ncc(C(=O)O)c(C)n2)cc1C. The summed E-state index contributed by atoms with van der Waals surface area (Å²) in [7, 11) is 0. The zero-order valence-corrected chi connectivity index (χ0v) is 11.8. The molecule has 1 N–H and O–H groups in total. The number of benzene rings is 1. The van der Waals surface area contributed by atoms with Gasteiger partial charge in [-0.3, -0.25) is 0 Å². The molecule has 0 aliphatic carbocycles. The summed E-state index contributed by atoms with van der Waals surface area (Å²) < 4.78 is 0. The molecule has 0 spiro atoms. The molecule has 2 rings (SSSR count). The van der Waals surface area contributed by atoms with Crippen LogP contribution in [0.15, 0.2) is 34.4 Å². The van der Waals surface area contributed by atoms with Crippen molar-refractivity contribution in [2.45, 2.75) is 30.8 Å². The zero-order valence-electron chi connectivity index (χ0n) is 11.0. The molecule has 19 heavy (non-hydrogen) atoms. The van der Waals surface area contributed by atoms with Gasteiger partial charge in [0.2, 0.25) is 0 Å². The third kappa shape index (κ3) is 3.12. The van der Waals surface area contributed by atoms with Crippen LogP contribution in [0.5, 0.6) is 0 Å². The summed E-state index contributed by atoms with van der Waals surface area (Å²) in [4.78, 5) is 20.2. The zero-order chi connectivity index (χ0) is 14.0. The van der Waals surface area contributed by atoms with Gasteiger partial charge in [-0.25, -0.2) is 14.8 Å². The molecule has 1 aromatic carbocycles. The third-order valence-electron chi connectivity index (χ3n) is 2.88. The third-order valence-corrected chi connectivity index (χ3v) is 3.74. The van der Waals surface area contributed by atoms with Crippen molar-refractivity contribution < 1.29 is 9.90 Å². The second-order valence-electron chi connectivity index (χ2n) is 4.30. The lowest BCUT2D eigenvalue weighted by atomic mass is 10.1. The van der Waals surface area contributed by atoms with Crippen LogP contribution in [0.25, 0.3) is 0 Å². The van der Waals surface area contributed by atoms with E-state index < -0.39 is 5.97 Å². The summed E-state index contributed by atoms with van der Waals surface area (Å²) in [6, 6.07) is 6.14. The van der Waals surface area contributed by atoms with Crippen molar-refractivity contribution in [2.24, 2.45) is 0 Å². The van der Waals surface area contributed by atoms with Crippen LogP contribution in [0.2, 0.25) is 0 Å². The topological polar surface area (TPSA) is 63.1 Å². The molecule has 2 aromatic rings. The minimum absolute atomic E-state index is 0.143. The van der Waals surface area contributed by atoms with Gasteiger partial charge in [0, 0.05) is 11.1 Å². The van der Waals surface area contributed by atoms with Gasteiger partial charge < -0.3 is 5.11 Å². The Hall–Kier alpha value is -1.88. The van der Waals surface area contributed by atoms with E-state index in [2.05, 4.69) is 35.9 Å². The molecule has 5 heteroatoms. The first-order chi connectivity index (χ1) is 8.97. The normalized spacial score (nSPS) is 10.5. The first-order valence-electron chi connectivity index (χ1n) is 5.79. The number of aromatic carboxylic acids is 1. The van der Waals surface area contributed by atoms with Gasteiger partial charge >= 0.3 is 5.97 Å². The molecule has 0 saturated carbocycles. The number of carboxylic acid groups (broad SMARTS) is 1. The average molecular weight is 274 g/mol. The highest BCUT2D eigenvalue weighted by molar-refractivity contribution is 7.99. The number of nitrogens with zero attached hydrogens (tertiary/aromatic N) is 2. The van der Waals surface area contributed by atoms with Crippen LogP contribution in [0.1, 0.15) is 27.2 Å². The van der Waals surface area contributed by atoms with E-state index in [0.717, 1.165) is 4.90 Å². The predicted octanol–water partition coefficient (Wildman–Crippen LogP) is 3.25. The average Bonchev–Trinajstić information content (AvgIpc) is 2.33. The molecule has 0 aliphatic heterocycles. The summed E-state index contributed by atoms with van der Waals surface area (Å²) in [6.45, 7) is 5.79. The maximum absolute atomic E-state index is 10.9. The highest BCUT2D eigenvalue weighted by Crippen LogP contribution is 2.26. The van der Waals surface area contributed by atoms with Crippen LogP contribution in [0.3, 0.4) is 0 Å². The number of hydrogen-bond donors (Lipinski definition) is 1. The Morgan fingerprint density at radius 3 is 2.53 bits per heavy atom. The highest BCUT2D eigenvalue weighted by Gasteiger charge is 2.10. The fraction of sp³-hybridized carbons (Fsp3) is 0.214. The van der Waals surface area contributed by atoms with Gasteiger partial charge in [0.25, 0.3) is 0 Å². The van der Waals surface area contributed by atoms with Crippen LogP contribution in [0, 0.1) is 20.8 Å². The van der Waals surface area contributed by atoms with E-state index in [-0.39, 0.29) is 5.56 Å². The van der Waals surface area contributed by atoms with Crippen molar-refractivity contribution in [1.82, 2.24) is 9.97 Å². The van der Waals surface area contributed by atoms with E-state index in [1.165, 1.54) is 29.1 Å². The standard InChI is InChI=1S/C14H14N2O2S/c1-8-4-5-11(6-9(8)2)19-14-15-7-12(13(17)18)10(3)16-14/h4-7H,1-3H3,(H,17,18). The molecule has 0 radical (unpaired) electrons. The van der Waals surface area contributed by atoms with E-state index in [9.17, 15) is 4.79 Å². The molecular weight excluding hydrogens is 260 g/mol. The van der Waals surface area contributed by atoms with Crippen LogP contribution in [-0.2, 0) is 0 Å². The summed E-state index contributed by atoms with van der Waals surface area (Å²) >= 11 is 1.43. The Morgan fingerprint density at radius 2 is 1.95 bits per heavy atom. The maximum Gasteiger partial charge on any atom is 0.339 e. The number of hydrogen-bond acceptors (Lipinski definition) is 4. The Balaban J connectivity index is 2.26. The number of aromatic nitrogens is 2. The van der Waals surface area contributed by atoms with E-state index >= 15 is 0 Å². The van der Waals surface area contributed by atoms with Gasteiger partial charge in [0.1, 0.15) is 0 Å². The van der Waals surface area contributed by atoms with E-state index in [1.54, 1.807) is 6.92 Å². The molecule has 0 saturated heterocycles. The van der Waals surface area contributed by atoms with Gasteiger partial charge in [0.15, 0.2) is 5.16 Å². The molecule has 0 aliphatic rings. The fourth-order valence-corrected chi connectivity index (χ4v) is 2.46. The first kappa shape index (κ1) is 13.5. The minimum Gasteiger partial charge on any atom is -0.478 e. The Bertz CT molecular complexity index is 641. The van der Waals surface area contributed by atoms with Crippen LogP contribution in [-0.4, -0.2) is 21.0 Å². The monoisotopic (exact) mass is 274 g/mol. The second-order valence-corrected chi connectivity index (χ2v) is 5.35. The highest BCUT2D eigenvalue weighted by atomic mass is 32.2. The molecular formula is C14H14N2O2S. The van der Waals surface area contributed by atoms with E-state index in [0.29, 0.717) is 10.9 Å². The largest absolute Gasteiger partial charge is 0.478 e. The molecule has 0 unspecified atom stereocenters. The van der Waals surface area contributed by atoms with E-state index in [1.807, 2.05) is 6.07 Å². The lowest BCUT2D eigenvalue weighted by Gasteiger charge is -2.05. The maximum atomic E-state index is 10.9. The fourth-order valence-electron chi connectivity index (χ4n) is 1.59. The quantitative estimate of drug-likeness (QED) is 0.870. The van der Waals surface area contributed by atoms with E-state index in [4.69, 9.17) is 5.11 Å². The molecule has 1 heterocycles. The Labute approximate surface area is 115 Å². The second kappa shape index (κ2) is 5.40. The molecule has 4 nitrogen and oxygen atoms in total. The smallest absolute Gasteiger partial charge is 0.339 e. The van der Waals surface area contributed by atoms with Crippen molar-refractivity contribution >= 4 is 17.7 Å². The van der Waals surface area contributed by atoms with Crippen molar-refractivity contribution in [1.29, 1.82) is 0 Å². The molecule has 0 atom stereocenters. The van der Waals surface area contributed by atoms with Crippen molar-refractivity contribution in [2.75, 3.05) is 0 Å².